The minimum absolute atomic E-state index is 0.111. The molecule has 160 valence electrons. The molecule has 7 nitrogen and oxygen atoms in total. The quantitative estimate of drug-likeness (QED) is 0.505. The first-order chi connectivity index (χ1) is 15.2. The predicted molar refractivity (Wildman–Crippen MR) is 115 cm³/mol. The molecule has 0 spiro atoms. The molecule has 7 heteroatoms. The summed E-state index contributed by atoms with van der Waals surface area (Å²) in [5.41, 5.74) is 2.08. The summed E-state index contributed by atoms with van der Waals surface area (Å²) < 4.78 is 16.6. The molecule has 3 aromatic rings. The number of pyridine rings is 1. The minimum atomic E-state index is -0.515. The van der Waals surface area contributed by atoms with Gasteiger partial charge in [-0.15, -0.1) is 0 Å². The minimum Gasteiger partial charge on any atom is -0.485 e. The zero-order valence-electron chi connectivity index (χ0n) is 17.2. The molecule has 0 bridgehead atoms. The highest BCUT2D eigenvalue weighted by molar-refractivity contribution is 5.94. The van der Waals surface area contributed by atoms with Crippen molar-refractivity contribution in [1.29, 1.82) is 0 Å². The Kier molecular flexibility index (Phi) is 7.99. The van der Waals surface area contributed by atoms with Gasteiger partial charge >= 0.3 is 5.97 Å². The summed E-state index contributed by atoms with van der Waals surface area (Å²) >= 11 is 0. The molecule has 0 fully saturated rings. The van der Waals surface area contributed by atoms with Crippen molar-refractivity contribution in [2.45, 2.75) is 20.1 Å². The van der Waals surface area contributed by atoms with Crippen LogP contribution < -0.4 is 14.8 Å². The second-order valence-electron chi connectivity index (χ2n) is 6.55. The monoisotopic (exact) mass is 420 g/mol. The molecule has 0 aliphatic carbocycles. The molecule has 0 radical (unpaired) electrons. The largest absolute Gasteiger partial charge is 0.485 e. The standard InChI is InChI=1S/C24H24N2O5/c1-2-29-23(27)15-26-24(28)20-13-21(30-16-18-9-5-3-6-10-18)22(14-25-20)31-17-19-11-7-4-8-12-19/h3-14H,2,15-17H2,1H3,(H,26,28). The molecule has 1 aromatic heterocycles. The molecule has 0 saturated carbocycles. The van der Waals surface area contributed by atoms with Crippen LogP contribution >= 0.6 is 0 Å². The molecule has 1 amide bonds. The van der Waals surface area contributed by atoms with Gasteiger partial charge in [-0.3, -0.25) is 9.59 Å². The first-order valence-electron chi connectivity index (χ1n) is 9.93. The van der Waals surface area contributed by atoms with E-state index in [1.165, 1.54) is 12.3 Å². The van der Waals surface area contributed by atoms with Crippen molar-refractivity contribution >= 4 is 11.9 Å². The van der Waals surface area contributed by atoms with Crippen LogP contribution in [0.2, 0.25) is 0 Å². The highest BCUT2D eigenvalue weighted by Crippen LogP contribution is 2.28. The van der Waals surface area contributed by atoms with Crippen LogP contribution in [-0.4, -0.2) is 30.0 Å². The molecule has 0 aliphatic rings. The van der Waals surface area contributed by atoms with E-state index >= 15 is 0 Å². The van der Waals surface area contributed by atoms with Crippen molar-refractivity contribution in [2.75, 3.05) is 13.2 Å². The van der Waals surface area contributed by atoms with E-state index in [1.807, 2.05) is 60.7 Å². The molecule has 3 rings (SSSR count). The molecule has 0 aliphatic heterocycles. The maximum Gasteiger partial charge on any atom is 0.325 e. The van der Waals surface area contributed by atoms with Gasteiger partial charge in [0.15, 0.2) is 11.5 Å². The third-order valence-corrected chi connectivity index (χ3v) is 4.24. The SMILES string of the molecule is CCOC(=O)CNC(=O)c1cc(OCc2ccccc2)c(OCc2ccccc2)cn1. The van der Waals surface area contributed by atoms with Gasteiger partial charge < -0.3 is 19.5 Å². The maximum atomic E-state index is 12.4. The fourth-order valence-electron chi connectivity index (χ4n) is 2.70. The Labute approximate surface area is 181 Å². The number of nitrogens with one attached hydrogen (secondary N) is 1. The third kappa shape index (κ3) is 6.85. The first kappa shape index (κ1) is 21.8. The average Bonchev–Trinajstić information content (AvgIpc) is 2.81. The summed E-state index contributed by atoms with van der Waals surface area (Å²) in [6.45, 7) is 2.35. The summed E-state index contributed by atoms with van der Waals surface area (Å²) in [6, 6.07) is 20.9. The molecular weight excluding hydrogens is 396 g/mol. The van der Waals surface area contributed by atoms with Crippen LogP contribution in [0.3, 0.4) is 0 Å². The number of benzene rings is 2. The van der Waals surface area contributed by atoms with Crippen LogP contribution in [0.25, 0.3) is 0 Å². The first-order valence-corrected chi connectivity index (χ1v) is 9.93. The van der Waals surface area contributed by atoms with Gasteiger partial charge in [0.25, 0.3) is 5.91 Å². The predicted octanol–water partition coefficient (Wildman–Crippen LogP) is 3.53. The Morgan fingerprint density at radius 3 is 2.03 bits per heavy atom. The Balaban J connectivity index is 1.73. The Hall–Kier alpha value is -3.87. The van der Waals surface area contributed by atoms with Crippen molar-refractivity contribution in [3.63, 3.8) is 0 Å². The van der Waals surface area contributed by atoms with E-state index in [-0.39, 0.29) is 18.8 Å². The van der Waals surface area contributed by atoms with Crippen LogP contribution in [0, 0.1) is 0 Å². The number of hydrogen-bond donors (Lipinski definition) is 1. The van der Waals surface area contributed by atoms with Crippen molar-refractivity contribution in [3.05, 3.63) is 89.7 Å². The van der Waals surface area contributed by atoms with E-state index in [2.05, 4.69) is 10.3 Å². The zero-order valence-corrected chi connectivity index (χ0v) is 17.2. The molecule has 2 aromatic carbocycles. The number of nitrogens with zero attached hydrogens (tertiary/aromatic N) is 1. The lowest BCUT2D eigenvalue weighted by molar-refractivity contribution is -0.141. The van der Waals surface area contributed by atoms with E-state index in [0.717, 1.165) is 11.1 Å². The maximum absolute atomic E-state index is 12.4. The fraction of sp³-hybridized carbons (Fsp3) is 0.208. The van der Waals surface area contributed by atoms with E-state index in [4.69, 9.17) is 14.2 Å². The van der Waals surface area contributed by atoms with E-state index in [1.54, 1.807) is 6.92 Å². The molecule has 31 heavy (non-hydrogen) atoms. The highest BCUT2D eigenvalue weighted by Gasteiger charge is 2.15. The smallest absolute Gasteiger partial charge is 0.325 e. The van der Waals surface area contributed by atoms with Crippen LogP contribution in [0.5, 0.6) is 11.5 Å². The highest BCUT2D eigenvalue weighted by atomic mass is 16.5. The van der Waals surface area contributed by atoms with Crippen LogP contribution in [0.15, 0.2) is 72.9 Å². The Morgan fingerprint density at radius 2 is 1.45 bits per heavy atom. The molecule has 1 N–H and O–H groups in total. The second kappa shape index (κ2) is 11.3. The molecular formula is C24H24N2O5. The summed E-state index contributed by atoms with van der Waals surface area (Å²) in [7, 11) is 0. The number of esters is 1. The van der Waals surface area contributed by atoms with Crippen LogP contribution in [0.4, 0.5) is 0 Å². The van der Waals surface area contributed by atoms with Gasteiger partial charge in [0.05, 0.1) is 12.8 Å². The number of carbonyl (C=O) groups is 2. The summed E-state index contributed by atoms with van der Waals surface area (Å²) in [5, 5.41) is 2.49. The average molecular weight is 420 g/mol. The molecule has 1 heterocycles. The van der Waals surface area contributed by atoms with Crippen molar-refractivity contribution in [3.8, 4) is 11.5 Å². The fourth-order valence-corrected chi connectivity index (χ4v) is 2.70. The van der Waals surface area contributed by atoms with E-state index < -0.39 is 11.9 Å². The van der Waals surface area contributed by atoms with Gasteiger partial charge in [0, 0.05) is 6.07 Å². The number of hydrogen-bond acceptors (Lipinski definition) is 6. The Morgan fingerprint density at radius 1 is 0.871 bits per heavy atom. The normalized spacial score (nSPS) is 10.2. The number of aromatic nitrogens is 1. The number of amides is 1. The molecule has 0 atom stereocenters. The molecule has 0 unspecified atom stereocenters. The second-order valence-corrected chi connectivity index (χ2v) is 6.55. The molecule has 0 saturated heterocycles. The van der Waals surface area contributed by atoms with Gasteiger partial charge in [0.1, 0.15) is 25.5 Å². The summed E-state index contributed by atoms with van der Waals surface area (Å²) in [5.74, 6) is -0.218. The summed E-state index contributed by atoms with van der Waals surface area (Å²) in [4.78, 5) is 28.0. The van der Waals surface area contributed by atoms with Crippen molar-refractivity contribution in [1.82, 2.24) is 10.3 Å². The Bertz CT molecular complexity index is 993. The van der Waals surface area contributed by atoms with Crippen molar-refractivity contribution in [2.24, 2.45) is 0 Å². The lowest BCUT2D eigenvalue weighted by Crippen LogP contribution is -2.31. The van der Waals surface area contributed by atoms with Gasteiger partial charge in [0.2, 0.25) is 0 Å². The number of ether oxygens (including phenoxy) is 3. The van der Waals surface area contributed by atoms with E-state index in [0.29, 0.717) is 24.7 Å². The summed E-state index contributed by atoms with van der Waals surface area (Å²) in [6.07, 6.45) is 1.45. The lowest BCUT2D eigenvalue weighted by atomic mass is 10.2. The van der Waals surface area contributed by atoms with E-state index in [9.17, 15) is 9.59 Å². The zero-order chi connectivity index (χ0) is 21.9. The van der Waals surface area contributed by atoms with Gasteiger partial charge in [-0.25, -0.2) is 4.98 Å². The van der Waals surface area contributed by atoms with Gasteiger partial charge in [-0.1, -0.05) is 60.7 Å². The third-order valence-electron chi connectivity index (χ3n) is 4.24. The van der Waals surface area contributed by atoms with Crippen LogP contribution in [0.1, 0.15) is 28.5 Å². The topological polar surface area (TPSA) is 86.8 Å². The van der Waals surface area contributed by atoms with Gasteiger partial charge in [-0.05, 0) is 18.1 Å². The number of carbonyl (C=O) groups excluding carboxylic acids is 2. The van der Waals surface area contributed by atoms with Crippen molar-refractivity contribution < 1.29 is 23.8 Å². The lowest BCUT2D eigenvalue weighted by Gasteiger charge is -2.14. The van der Waals surface area contributed by atoms with Crippen LogP contribution in [-0.2, 0) is 22.7 Å². The number of rotatable bonds is 10. The van der Waals surface area contributed by atoms with Gasteiger partial charge in [-0.2, -0.15) is 0 Å².